The first kappa shape index (κ1) is 12.1. The summed E-state index contributed by atoms with van der Waals surface area (Å²) in [6.45, 7) is 0. The lowest BCUT2D eigenvalue weighted by Gasteiger charge is -1.97. The number of carboxylic acids is 1. The fourth-order valence-electron chi connectivity index (χ4n) is 1.52. The quantitative estimate of drug-likeness (QED) is 0.926. The molecule has 0 radical (unpaired) electrons. The van der Waals surface area contributed by atoms with Gasteiger partial charge in [-0.1, -0.05) is 39.7 Å². The molecular weight excluding hydrogens is 307 g/mol. The van der Waals surface area contributed by atoms with E-state index < -0.39 is 5.97 Å². The van der Waals surface area contributed by atoms with Crippen molar-refractivity contribution in [1.29, 1.82) is 0 Å². The number of nitrogens with zero attached hydrogens (tertiary/aromatic N) is 2. The van der Waals surface area contributed by atoms with Crippen LogP contribution in [-0.2, 0) is 7.05 Å². The van der Waals surface area contributed by atoms with Gasteiger partial charge in [0.2, 0.25) is 0 Å². The van der Waals surface area contributed by atoms with Crippen LogP contribution >= 0.6 is 27.5 Å². The van der Waals surface area contributed by atoms with Crippen molar-refractivity contribution in [2.24, 2.45) is 7.05 Å². The van der Waals surface area contributed by atoms with E-state index in [1.54, 1.807) is 7.05 Å². The Kier molecular flexibility index (Phi) is 3.22. The van der Waals surface area contributed by atoms with E-state index in [9.17, 15) is 4.79 Å². The molecule has 1 N–H and O–H groups in total. The minimum Gasteiger partial charge on any atom is -0.476 e. The summed E-state index contributed by atoms with van der Waals surface area (Å²) < 4.78 is 2.20. The number of rotatable bonds is 2. The smallest absolute Gasteiger partial charge is 0.355 e. The van der Waals surface area contributed by atoms with E-state index in [1.165, 1.54) is 4.68 Å². The van der Waals surface area contributed by atoms with Crippen molar-refractivity contribution in [2.45, 2.75) is 0 Å². The van der Waals surface area contributed by atoms with Gasteiger partial charge in [0.15, 0.2) is 5.69 Å². The van der Waals surface area contributed by atoms with Crippen LogP contribution in [0.1, 0.15) is 10.5 Å². The third-order valence-electron chi connectivity index (χ3n) is 2.31. The van der Waals surface area contributed by atoms with Gasteiger partial charge in [0.05, 0.1) is 0 Å². The fraction of sp³-hybridized carbons (Fsp3) is 0.0909. The Morgan fingerprint density at radius 2 is 2.00 bits per heavy atom. The van der Waals surface area contributed by atoms with Gasteiger partial charge in [0.25, 0.3) is 0 Å². The molecule has 0 aliphatic carbocycles. The predicted octanol–water partition coefficient (Wildman–Crippen LogP) is 3.20. The minimum absolute atomic E-state index is 0.00964. The number of aryl methyl sites for hydroxylation is 1. The molecule has 1 aromatic carbocycles. The first-order chi connectivity index (χ1) is 8.00. The molecule has 0 unspecified atom stereocenters. The van der Waals surface area contributed by atoms with E-state index in [0.29, 0.717) is 5.69 Å². The predicted molar refractivity (Wildman–Crippen MR) is 68.3 cm³/mol. The average molecular weight is 316 g/mol. The van der Waals surface area contributed by atoms with Crippen LogP contribution in [0.5, 0.6) is 0 Å². The Morgan fingerprint density at radius 1 is 1.41 bits per heavy atom. The molecule has 0 spiro atoms. The number of hydrogen-bond donors (Lipinski definition) is 1. The largest absolute Gasteiger partial charge is 0.476 e. The van der Waals surface area contributed by atoms with Crippen LogP contribution in [0.25, 0.3) is 11.3 Å². The van der Waals surface area contributed by atoms with E-state index in [2.05, 4.69) is 21.0 Å². The highest BCUT2D eigenvalue weighted by molar-refractivity contribution is 9.10. The van der Waals surface area contributed by atoms with Gasteiger partial charge in [-0.25, -0.2) is 4.79 Å². The molecule has 4 nitrogen and oxygen atoms in total. The molecule has 88 valence electrons. The molecule has 0 atom stereocenters. The number of halogens is 2. The molecule has 0 saturated carbocycles. The number of aromatic carboxylic acids is 1. The molecule has 1 heterocycles. The van der Waals surface area contributed by atoms with Gasteiger partial charge in [0.1, 0.15) is 10.7 Å². The van der Waals surface area contributed by atoms with E-state index in [0.717, 1.165) is 10.0 Å². The molecular formula is C11H8BrClN2O2. The Labute approximate surface area is 111 Å². The second kappa shape index (κ2) is 4.50. The summed E-state index contributed by atoms with van der Waals surface area (Å²) in [6.07, 6.45) is 0. The van der Waals surface area contributed by atoms with Crippen LogP contribution in [0.2, 0.25) is 5.02 Å². The Hall–Kier alpha value is -1.33. The summed E-state index contributed by atoms with van der Waals surface area (Å²) >= 11 is 9.35. The molecule has 0 saturated heterocycles. The van der Waals surface area contributed by atoms with E-state index in [-0.39, 0.29) is 10.7 Å². The Bertz CT molecular complexity index is 578. The first-order valence-electron chi connectivity index (χ1n) is 4.72. The van der Waals surface area contributed by atoms with E-state index in [1.807, 2.05) is 24.3 Å². The Balaban J connectivity index is 2.57. The highest BCUT2D eigenvalue weighted by Gasteiger charge is 2.20. The molecule has 1 aromatic heterocycles. The van der Waals surface area contributed by atoms with Gasteiger partial charge < -0.3 is 5.11 Å². The number of carboxylic acid groups (broad SMARTS) is 1. The minimum atomic E-state index is -1.09. The summed E-state index contributed by atoms with van der Waals surface area (Å²) in [5.41, 5.74) is 1.24. The number of carbonyl (C=O) groups is 1. The second-order valence-electron chi connectivity index (χ2n) is 3.45. The molecule has 2 aromatic rings. The van der Waals surface area contributed by atoms with Gasteiger partial charge in [-0.05, 0) is 12.1 Å². The summed E-state index contributed by atoms with van der Waals surface area (Å²) in [7, 11) is 1.55. The van der Waals surface area contributed by atoms with Crippen molar-refractivity contribution in [3.63, 3.8) is 0 Å². The van der Waals surface area contributed by atoms with Crippen molar-refractivity contribution in [3.05, 3.63) is 39.5 Å². The van der Waals surface area contributed by atoms with Crippen LogP contribution < -0.4 is 0 Å². The van der Waals surface area contributed by atoms with Gasteiger partial charge in [0, 0.05) is 17.1 Å². The third kappa shape index (κ3) is 2.21. The van der Waals surface area contributed by atoms with Gasteiger partial charge in [-0.3, -0.25) is 4.68 Å². The lowest BCUT2D eigenvalue weighted by Crippen LogP contribution is -2.05. The summed E-state index contributed by atoms with van der Waals surface area (Å²) in [6, 6.07) is 7.34. The van der Waals surface area contributed by atoms with Crippen molar-refractivity contribution in [2.75, 3.05) is 0 Å². The molecule has 0 aliphatic rings. The molecule has 17 heavy (non-hydrogen) atoms. The third-order valence-corrected chi connectivity index (χ3v) is 3.20. The van der Waals surface area contributed by atoms with Crippen LogP contribution in [0, 0.1) is 0 Å². The van der Waals surface area contributed by atoms with E-state index in [4.69, 9.17) is 16.7 Å². The summed E-state index contributed by atoms with van der Waals surface area (Å²) in [5.74, 6) is -1.09. The zero-order valence-corrected chi connectivity index (χ0v) is 11.2. The zero-order valence-electron chi connectivity index (χ0n) is 8.82. The summed E-state index contributed by atoms with van der Waals surface area (Å²) in [4.78, 5) is 11.0. The van der Waals surface area contributed by atoms with E-state index >= 15 is 0 Å². The monoisotopic (exact) mass is 314 g/mol. The number of benzene rings is 1. The first-order valence-corrected chi connectivity index (χ1v) is 5.89. The van der Waals surface area contributed by atoms with Crippen LogP contribution in [0.3, 0.4) is 0 Å². The average Bonchev–Trinajstić information content (AvgIpc) is 2.55. The standard InChI is InChI=1S/C11H8BrClN2O2/c1-15-10(11(16)17)8(13)9(14-15)6-2-4-7(12)5-3-6/h2-5H,1H3,(H,16,17). The van der Waals surface area contributed by atoms with Crippen molar-refractivity contribution >= 4 is 33.5 Å². The maximum atomic E-state index is 11.0. The Morgan fingerprint density at radius 3 is 2.47 bits per heavy atom. The highest BCUT2D eigenvalue weighted by Crippen LogP contribution is 2.30. The molecule has 0 fully saturated rings. The van der Waals surface area contributed by atoms with Crippen molar-refractivity contribution < 1.29 is 9.90 Å². The van der Waals surface area contributed by atoms with Crippen molar-refractivity contribution in [1.82, 2.24) is 9.78 Å². The van der Waals surface area contributed by atoms with Gasteiger partial charge in [-0.15, -0.1) is 0 Å². The summed E-state index contributed by atoms with van der Waals surface area (Å²) in [5, 5.41) is 13.3. The zero-order chi connectivity index (χ0) is 12.6. The van der Waals surface area contributed by atoms with Crippen molar-refractivity contribution in [3.8, 4) is 11.3 Å². The number of aromatic nitrogens is 2. The van der Waals surface area contributed by atoms with Gasteiger partial charge in [-0.2, -0.15) is 5.10 Å². The normalized spacial score (nSPS) is 10.5. The van der Waals surface area contributed by atoms with Crippen LogP contribution in [0.15, 0.2) is 28.7 Å². The van der Waals surface area contributed by atoms with Gasteiger partial charge >= 0.3 is 5.97 Å². The molecule has 0 bridgehead atoms. The second-order valence-corrected chi connectivity index (χ2v) is 4.74. The van der Waals surface area contributed by atoms with Crippen LogP contribution in [-0.4, -0.2) is 20.9 Å². The number of hydrogen-bond acceptors (Lipinski definition) is 2. The SMILES string of the molecule is Cn1nc(-c2ccc(Br)cc2)c(Cl)c1C(=O)O. The highest BCUT2D eigenvalue weighted by atomic mass is 79.9. The topological polar surface area (TPSA) is 55.1 Å². The molecule has 6 heteroatoms. The fourth-order valence-corrected chi connectivity index (χ4v) is 2.14. The molecule has 0 amide bonds. The maximum absolute atomic E-state index is 11.0. The maximum Gasteiger partial charge on any atom is 0.355 e. The lowest BCUT2D eigenvalue weighted by molar-refractivity contribution is 0.0685. The lowest BCUT2D eigenvalue weighted by atomic mass is 10.1. The molecule has 0 aliphatic heterocycles. The van der Waals surface area contributed by atoms with Crippen LogP contribution in [0.4, 0.5) is 0 Å². The molecule has 2 rings (SSSR count).